The van der Waals surface area contributed by atoms with E-state index in [1.54, 1.807) is 23.9 Å². The van der Waals surface area contributed by atoms with E-state index in [1.165, 1.54) is 12.1 Å². The number of hydrogen-bond donors (Lipinski definition) is 1. The van der Waals surface area contributed by atoms with Crippen LogP contribution in [0.1, 0.15) is 30.3 Å². The van der Waals surface area contributed by atoms with Gasteiger partial charge in [-0.2, -0.15) is 0 Å². The molecule has 3 rings (SSSR count). The van der Waals surface area contributed by atoms with Crippen LogP contribution in [0.4, 0.5) is 4.39 Å². The molecule has 1 fully saturated rings. The molecule has 1 aliphatic rings. The number of benzene rings is 1. The third-order valence-corrected chi connectivity index (χ3v) is 4.36. The van der Waals surface area contributed by atoms with Crippen molar-refractivity contribution in [2.75, 3.05) is 26.8 Å². The van der Waals surface area contributed by atoms with E-state index in [2.05, 4.69) is 20.4 Å². The van der Waals surface area contributed by atoms with Gasteiger partial charge in [-0.25, -0.2) is 9.07 Å². The molecule has 0 bridgehead atoms. The molecule has 0 amide bonds. The van der Waals surface area contributed by atoms with Gasteiger partial charge in [0, 0.05) is 20.2 Å². The molecule has 1 atom stereocenters. The normalized spacial score (nSPS) is 18.0. The van der Waals surface area contributed by atoms with Crippen LogP contribution < -0.4 is 0 Å². The lowest BCUT2D eigenvalue weighted by Gasteiger charge is -2.35. The zero-order valence-corrected chi connectivity index (χ0v) is 13.7. The maximum atomic E-state index is 13.3. The lowest BCUT2D eigenvalue weighted by atomic mass is 10.00. The van der Waals surface area contributed by atoms with Crippen LogP contribution in [-0.4, -0.2) is 63.1 Å². The van der Waals surface area contributed by atoms with Gasteiger partial charge < -0.3 is 9.84 Å². The number of hydrogen-bond acceptors (Lipinski definition) is 6. The first kappa shape index (κ1) is 16.9. The number of methoxy groups -OCH3 is 1. The molecule has 2 aromatic rings. The standard InChI is InChI=1S/C16H22FN5O2/c1-24-11-10-22-16(18-19-20-22)15(12-2-4-13(17)5-3-12)21-8-6-14(23)7-9-21/h2-5,14-15,23H,6-11H2,1H3. The molecule has 8 heteroatoms. The summed E-state index contributed by atoms with van der Waals surface area (Å²) in [5.41, 5.74) is 0.932. The fourth-order valence-electron chi connectivity index (χ4n) is 3.06. The molecular formula is C16H22FN5O2. The minimum atomic E-state index is -0.273. The number of ether oxygens (including phenoxy) is 1. The Morgan fingerprint density at radius 2 is 2.00 bits per heavy atom. The van der Waals surface area contributed by atoms with Crippen LogP contribution >= 0.6 is 0 Å². The van der Waals surface area contributed by atoms with Gasteiger partial charge in [0.25, 0.3) is 0 Å². The molecule has 0 spiro atoms. The van der Waals surface area contributed by atoms with Crippen molar-refractivity contribution in [2.45, 2.75) is 31.5 Å². The highest BCUT2D eigenvalue weighted by Crippen LogP contribution is 2.29. The second-order valence-electron chi connectivity index (χ2n) is 5.97. The van der Waals surface area contributed by atoms with Crippen molar-refractivity contribution < 1.29 is 14.2 Å². The number of halogens is 1. The monoisotopic (exact) mass is 335 g/mol. The molecule has 7 nitrogen and oxygen atoms in total. The first-order valence-corrected chi connectivity index (χ1v) is 8.11. The van der Waals surface area contributed by atoms with Crippen LogP contribution in [0.15, 0.2) is 24.3 Å². The van der Waals surface area contributed by atoms with E-state index in [0.29, 0.717) is 31.8 Å². The minimum Gasteiger partial charge on any atom is -0.393 e. The van der Waals surface area contributed by atoms with Gasteiger partial charge in [-0.1, -0.05) is 12.1 Å². The predicted molar refractivity (Wildman–Crippen MR) is 84.7 cm³/mol. The molecule has 0 aliphatic carbocycles. The summed E-state index contributed by atoms with van der Waals surface area (Å²) in [6.45, 7) is 2.53. The number of piperidine rings is 1. The van der Waals surface area contributed by atoms with Gasteiger partial charge in [-0.15, -0.1) is 5.10 Å². The Morgan fingerprint density at radius 1 is 1.29 bits per heavy atom. The largest absolute Gasteiger partial charge is 0.393 e. The third-order valence-electron chi connectivity index (χ3n) is 4.36. The van der Waals surface area contributed by atoms with Gasteiger partial charge >= 0.3 is 0 Å². The van der Waals surface area contributed by atoms with Gasteiger partial charge in [0.05, 0.1) is 25.3 Å². The summed E-state index contributed by atoms with van der Waals surface area (Å²) in [7, 11) is 1.63. The molecule has 1 aromatic heterocycles. The lowest BCUT2D eigenvalue weighted by molar-refractivity contribution is 0.0656. The Kier molecular flexibility index (Phi) is 5.49. The number of aliphatic hydroxyl groups is 1. The van der Waals surface area contributed by atoms with Crippen molar-refractivity contribution in [3.63, 3.8) is 0 Å². The van der Waals surface area contributed by atoms with Crippen molar-refractivity contribution in [1.29, 1.82) is 0 Å². The quantitative estimate of drug-likeness (QED) is 0.849. The maximum Gasteiger partial charge on any atom is 0.173 e. The van der Waals surface area contributed by atoms with Gasteiger partial charge in [0.15, 0.2) is 5.82 Å². The number of aliphatic hydroxyl groups excluding tert-OH is 1. The lowest BCUT2D eigenvalue weighted by Crippen LogP contribution is -2.40. The summed E-state index contributed by atoms with van der Waals surface area (Å²) in [5.74, 6) is 0.431. The van der Waals surface area contributed by atoms with E-state index in [0.717, 1.165) is 18.7 Å². The van der Waals surface area contributed by atoms with Gasteiger partial charge in [0.2, 0.25) is 0 Å². The highest BCUT2D eigenvalue weighted by molar-refractivity contribution is 5.25. The van der Waals surface area contributed by atoms with Crippen molar-refractivity contribution in [1.82, 2.24) is 25.1 Å². The molecule has 2 heterocycles. The third kappa shape index (κ3) is 3.77. The topological polar surface area (TPSA) is 76.3 Å². The summed E-state index contributed by atoms with van der Waals surface area (Å²) < 4.78 is 20.2. The smallest absolute Gasteiger partial charge is 0.173 e. The number of nitrogens with zero attached hydrogens (tertiary/aromatic N) is 5. The minimum absolute atomic E-state index is 0.176. The van der Waals surface area contributed by atoms with E-state index in [1.807, 2.05) is 0 Å². The van der Waals surface area contributed by atoms with Crippen LogP contribution in [0.25, 0.3) is 0 Å². The van der Waals surface area contributed by atoms with Crippen LogP contribution in [0, 0.1) is 5.82 Å². The van der Waals surface area contributed by atoms with E-state index in [4.69, 9.17) is 4.74 Å². The Hall–Kier alpha value is -1.90. The van der Waals surface area contributed by atoms with Crippen molar-refractivity contribution >= 4 is 0 Å². The summed E-state index contributed by atoms with van der Waals surface area (Å²) in [6.07, 6.45) is 1.15. The number of aromatic nitrogens is 4. The molecular weight excluding hydrogens is 313 g/mol. The van der Waals surface area contributed by atoms with Gasteiger partial charge in [-0.3, -0.25) is 4.90 Å². The Labute approximate surface area is 140 Å². The second kappa shape index (κ2) is 7.78. The Balaban J connectivity index is 1.92. The molecule has 1 saturated heterocycles. The highest BCUT2D eigenvalue weighted by Gasteiger charge is 2.30. The Morgan fingerprint density at radius 3 is 2.67 bits per heavy atom. The molecule has 24 heavy (non-hydrogen) atoms. The molecule has 1 aliphatic heterocycles. The zero-order chi connectivity index (χ0) is 16.9. The van der Waals surface area contributed by atoms with Crippen LogP contribution in [0.2, 0.25) is 0 Å². The van der Waals surface area contributed by atoms with E-state index < -0.39 is 0 Å². The maximum absolute atomic E-state index is 13.3. The van der Waals surface area contributed by atoms with Gasteiger partial charge in [0.1, 0.15) is 5.82 Å². The van der Waals surface area contributed by atoms with Crippen LogP contribution in [-0.2, 0) is 11.3 Å². The van der Waals surface area contributed by atoms with E-state index in [-0.39, 0.29) is 18.0 Å². The van der Waals surface area contributed by atoms with E-state index in [9.17, 15) is 9.50 Å². The van der Waals surface area contributed by atoms with Gasteiger partial charge in [-0.05, 0) is 41.0 Å². The average molecular weight is 335 g/mol. The summed E-state index contributed by atoms with van der Waals surface area (Å²) >= 11 is 0. The van der Waals surface area contributed by atoms with Crippen molar-refractivity contribution in [3.8, 4) is 0 Å². The molecule has 130 valence electrons. The van der Waals surface area contributed by atoms with E-state index >= 15 is 0 Å². The zero-order valence-electron chi connectivity index (χ0n) is 13.7. The number of rotatable bonds is 6. The second-order valence-corrected chi connectivity index (χ2v) is 5.97. The molecule has 1 unspecified atom stereocenters. The fourth-order valence-corrected chi connectivity index (χ4v) is 3.06. The van der Waals surface area contributed by atoms with Crippen molar-refractivity contribution in [3.05, 3.63) is 41.5 Å². The molecule has 0 saturated carbocycles. The fraction of sp³-hybridized carbons (Fsp3) is 0.562. The first-order valence-electron chi connectivity index (χ1n) is 8.11. The van der Waals surface area contributed by atoms with Crippen molar-refractivity contribution in [2.24, 2.45) is 0 Å². The first-order chi connectivity index (χ1) is 11.7. The molecule has 1 aromatic carbocycles. The average Bonchev–Trinajstić information content (AvgIpc) is 3.05. The molecule has 1 N–H and O–H groups in total. The summed E-state index contributed by atoms with van der Waals surface area (Å²) in [5, 5.41) is 21.8. The SMILES string of the molecule is COCCn1nnnc1C(c1ccc(F)cc1)N1CCC(O)CC1. The molecule has 0 radical (unpaired) electrons. The highest BCUT2D eigenvalue weighted by atomic mass is 19.1. The number of tetrazole rings is 1. The van der Waals surface area contributed by atoms with Crippen LogP contribution in [0.5, 0.6) is 0 Å². The van der Waals surface area contributed by atoms with Crippen LogP contribution in [0.3, 0.4) is 0 Å². The summed E-state index contributed by atoms with van der Waals surface area (Å²) in [4.78, 5) is 2.23. The summed E-state index contributed by atoms with van der Waals surface area (Å²) in [6, 6.07) is 6.25. The Bertz CT molecular complexity index is 640. The predicted octanol–water partition coefficient (Wildman–Crippen LogP) is 1.00. The number of likely N-dealkylation sites (tertiary alicyclic amines) is 1.